The van der Waals surface area contributed by atoms with Crippen LogP contribution in [-0.2, 0) is 11.4 Å². The largest absolute Gasteiger partial charge is 0.484 e. The maximum Gasteiger partial charge on any atom is 0.261 e. The van der Waals surface area contributed by atoms with Gasteiger partial charge in [-0.3, -0.25) is 4.79 Å². The first-order valence-corrected chi connectivity index (χ1v) is 9.46. The van der Waals surface area contributed by atoms with E-state index in [9.17, 15) is 9.90 Å². The molecule has 1 saturated heterocycles. The third-order valence-electron chi connectivity index (χ3n) is 4.76. The number of hydrogen-bond donors (Lipinski definition) is 2. The highest BCUT2D eigenvalue weighted by molar-refractivity contribution is 5.78. The number of aromatic nitrogens is 2. The van der Waals surface area contributed by atoms with Crippen molar-refractivity contribution in [3.05, 3.63) is 66.1 Å². The van der Waals surface area contributed by atoms with Crippen molar-refractivity contribution >= 4 is 5.91 Å². The van der Waals surface area contributed by atoms with Gasteiger partial charge in [0.15, 0.2) is 6.61 Å². The summed E-state index contributed by atoms with van der Waals surface area (Å²) in [6, 6.07) is 16.2. The number of hydrogen-bond acceptors (Lipinski definition) is 7. The quantitative estimate of drug-likeness (QED) is 0.657. The molecule has 8 heteroatoms. The number of ether oxygens (including phenoxy) is 1. The van der Waals surface area contributed by atoms with Crippen molar-refractivity contribution in [3.8, 4) is 17.1 Å². The number of benzene rings is 2. The van der Waals surface area contributed by atoms with Crippen LogP contribution < -0.4 is 10.1 Å². The Bertz CT molecular complexity index is 960. The molecule has 4 rings (SSSR count). The van der Waals surface area contributed by atoms with E-state index in [4.69, 9.17) is 9.26 Å². The minimum absolute atomic E-state index is 0.0555. The first kappa shape index (κ1) is 19.1. The van der Waals surface area contributed by atoms with Gasteiger partial charge >= 0.3 is 0 Å². The van der Waals surface area contributed by atoms with Crippen molar-refractivity contribution in [3.63, 3.8) is 0 Å². The SMILES string of the molecule is O=C(COc1ccccc1)N1CCNCC1c1nc(-c2cccc(CO)c2)no1. The van der Waals surface area contributed by atoms with Gasteiger partial charge in [-0.15, -0.1) is 0 Å². The molecule has 1 aromatic heterocycles. The van der Waals surface area contributed by atoms with Crippen molar-refractivity contribution in [2.75, 3.05) is 26.2 Å². The second kappa shape index (κ2) is 8.85. The summed E-state index contributed by atoms with van der Waals surface area (Å²) >= 11 is 0. The van der Waals surface area contributed by atoms with Crippen LogP contribution >= 0.6 is 0 Å². The molecule has 0 bridgehead atoms. The second-order valence-electron chi connectivity index (χ2n) is 6.72. The number of nitrogens with zero attached hydrogens (tertiary/aromatic N) is 3. The number of aliphatic hydroxyl groups is 1. The Hall–Kier alpha value is -3.23. The Kier molecular flexibility index (Phi) is 5.83. The summed E-state index contributed by atoms with van der Waals surface area (Å²) in [5, 5.41) is 16.6. The lowest BCUT2D eigenvalue weighted by Gasteiger charge is -2.33. The molecule has 29 heavy (non-hydrogen) atoms. The first-order chi connectivity index (χ1) is 14.2. The normalized spacial score (nSPS) is 16.6. The fourth-order valence-corrected chi connectivity index (χ4v) is 3.26. The molecule has 2 aromatic carbocycles. The van der Waals surface area contributed by atoms with Crippen LogP contribution in [0.4, 0.5) is 0 Å². The molecule has 1 aliphatic rings. The van der Waals surface area contributed by atoms with Crippen molar-refractivity contribution < 1.29 is 19.2 Å². The summed E-state index contributed by atoms with van der Waals surface area (Å²) in [5.74, 6) is 1.31. The van der Waals surface area contributed by atoms with Gasteiger partial charge in [-0.05, 0) is 23.8 Å². The molecule has 1 amide bonds. The van der Waals surface area contributed by atoms with E-state index in [1.165, 1.54) is 0 Å². The number of carbonyl (C=O) groups is 1. The van der Waals surface area contributed by atoms with Crippen LogP contribution in [0.25, 0.3) is 11.4 Å². The van der Waals surface area contributed by atoms with E-state index >= 15 is 0 Å². The Morgan fingerprint density at radius 2 is 2.10 bits per heavy atom. The number of piperazine rings is 1. The van der Waals surface area contributed by atoms with Crippen LogP contribution in [0.2, 0.25) is 0 Å². The minimum Gasteiger partial charge on any atom is -0.484 e. The molecular weight excluding hydrogens is 372 g/mol. The van der Waals surface area contributed by atoms with Crippen LogP contribution in [0.5, 0.6) is 5.75 Å². The van der Waals surface area contributed by atoms with Crippen LogP contribution in [-0.4, -0.2) is 52.3 Å². The van der Waals surface area contributed by atoms with Crippen molar-refractivity contribution in [1.29, 1.82) is 0 Å². The molecule has 1 unspecified atom stereocenters. The third kappa shape index (κ3) is 4.44. The Labute approximate surface area is 168 Å². The van der Waals surface area contributed by atoms with E-state index in [0.29, 0.717) is 37.1 Å². The summed E-state index contributed by atoms with van der Waals surface area (Å²) in [6.45, 7) is 1.62. The first-order valence-electron chi connectivity index (χ1n) is 9.46. The molecule has 150 valence electrons. The number of carbonyl (C=O) groups excluding carboxylic acids is 1. The van der Waals surface area contributed by atoms with E-state index in [0.717, 1.165) is 11.1 Å². The monoisotopic (exact) mass is 394 g/mol. The molecule has 0 radical (unpaired) electrons. The van der Waals surface area contributed by atoms with Crippen LogP contribution in [0, 0.1) is 0 Å². The fourth-order valence-electron chi connectivity index (χ4n) is 3.26. The number of nitrogens with one attached hydrogen (secondary N) is 1. The number of para-hydroxylation sites is 1. The van der Waals surface area contributed by atoms with Crippen LogP contribution in [0.3, 0.4) is 0 Å². The molecule has 1 aliphatic heterocycles. The van der Waals surface area contributed by atoms with Gasteiger partial charge in [-0.25, -0.2) is 0 Å². The van der Waals surface area contributed by atoms with Crippen molar-refractivity contribution in [2.24, 2.45) is 0 Å². The highest BCUT2D eigenvalue weighted by Gasteiger charge is 2.32. The zero-order chi connectivity index (χ0) is 20.1. The molecule has 2 heterocycles. The zero-order valence-corrected chi connectivity index (χ0v) is 15.8. The van der Waals surface area contributed by atoms with Crippen LogP contribution in [0.15, 0.2) is 59.1 Å². The Balaban J connectivity index is 1.48. The molecule has 0 saturated carbocycles. The molecule has 1 atom stereocenters. The van der Waals surface area contributed by atoms with Crippen LogP contribution in [0.1, 0.15) is 17.5 Å². The molecule has 1 fully saturated rings. The zero-order valence-electron chi connectivity index (χ0n) is 15.8. The lowest BCUT2D eigenvalue weighted by atomic mass is 10.1. The van der Waals surface area contributed by atoms with E-state index in [1.54, 1.807) is 4.90 Å². The molecule has 3 aromatic rings. The summed E-state index contributed by atoms with van der Waals surface area (Å²) in [4.78, 5) is 19.0. The summed E-state index contributed by atoms with van der Waals surface area (Å²) in [6.07, 6.45) is 0. The standard InChI is InChI=1S/C21H22N4O4/c26-13-15-5-4-6-16(11-15)20-23-21(29-24-20)18-12-22-9-10-25(18)19(27)14-28-17-7-2-1-3-8-17/h1-8,11,18,22,26H,9-10,12-14H2. The maximum absolute atomic E-state index is 12.8. The topological polar surface area (TPSA) is 101 Å². The maximum atomic E-state index is 12.8. The van der Waals surface area contributed by atoms with Gasteiger partial charge in [0.05, 0.1) is 6.61 Å². The highest BCUT2D eigenvalue weighted by Crippen LogP contribution is 2.25. The molecule has 2 N–H and O–H groups in total. The van der Waals surface area contributed by atoms with Gasteiger partial charge < -0.3 is 24.6 Å². The number of amides is 1. The Morgan fingerprint density at radius 3 is 2.93 bits per heavy atom. The average Bonchev–Trinajstić information content (AvgIpc) is 3.28. The minimum atomic E-state index is -0.363. The van der Waals surface area contributed by atoms with Crippen molar-refractivity contribution in [2.45, 2.75) is 12.6 Å². The van der Waals surface area contributed by atoms with Gasteiger partial charge in [-0.2, -0.15) is 4.98 Å². The van der Waals surface area contributed by atoms with Gasteiger partial charge in [0, 0.05) is 25.2 Å². The van der Waals surface area contributed by atoms with Gasteiger partial charge in [0.25, 0.3) is 11.8 Å². The van der Waals surface area contributed by atoms with E-state index in [2.05, 4.69) is 15.5 Å². The van der Waals surface area contributed by atoms with E-state index in [1.807, 2.05) is 54.6 Å². The van der Waals surface area contributed by atoms with E-state index in [-0.39, 0.29) is 25.2 Å². The molecule has 8 nitrogen and oxygen atoms in total. The summed E-state index contributed by atoms with van der Waals surface area (Å²) in [5.41, 5.74) is 1.52. The lowest BCUT2D eigenvalue weighted by Crippen LogP contribution is -2.50. The molecule has 0 aliphatic carbocycles. The number of aliphatic hydroxyl groups excluding tert-OH is 1. The van der Waals surface area contributed by atoms with Gasteiger partial charge in [-0.1, -0.05) is 41.6 Å². The van der Waals surface area contributed by atoms with Crippen molar-refractivity contribution in [1.82, 2.24) is 20.4 Å². The smallest absolute Gasteiger partial charge is 0.261 e. The molecular formula is C21H22N4O4. The summed E-state index contributed by atoms with van der Waals surface area (Å²) in [7, 11) is 0. The predicted molar refractivity (Wildman–Crippen MR) is 105 cm³/mol. The average molecular weight is 394 g/mol. The second-order valence-corrected chi connectivity index (χ2v) is 6.72. The number of rotatable bonds is 6. The highest BCUT2D eigenvalue weighted by atomic mass is 16.5. The predicted octanol–water partition coefficient (Wildman–Crippen LogP) is 1.78. The Morgan fingerprint density at radius 1 is 1.24 bits per heavy atom. The third-order valence-corrected chi connectivity index (χ3v) is 4.76. The fraction of sp³-hybridized carbons (Fsp3) is 0.286. The van der Waals surface area contributed by atoms with Gasteiger partial charge in [0.1, 0.15) is 11.8 Å². The molecule has 0 spiro atoms. The summed E-state index contributed by atoms with van der Waals surface area (Å²) < 4.78 is 11.1. The van der Waals surface area contributed by atoms with Gasteiger partial charge in [0.2, 0.25) is 5.82 Å². The lowest BCUT2D eigenvalue weighted by molar-refractivity contribution is -0.137. The van der Waals surface area contributed by atoms with E-state index < -0.39 is 0 Å².